The van der Waals surface area contributed by atoms with Crippen molar-refractivity contribution in [2.75, 3.05) is 6.67 Å². The fourth-order valence-electron chi connectivity index (χ4n) is 1.02. The highest BCUT2D eigenvalue weighted by Crippen LogP contribution is 2.07. The van der Waals surface area contributed by atoms with E-state index < -0.39 is 12.6 Å². The number of nitrogens with zero attached hydrogens (tertiary/aromatic N) is 1. The quantitative estimate of drug-likeness (QED) is 0.780. The Kier molecular flexibility index (Phi) is 4.22. The summed E-state index contributed by atoms with van der Waals surface area (Å²) in [5, 5.41) is 8.55. The first-order valence-electron chi connectivity index (χ1n) is 4.31. The predicted molar refractivity (Wildman–Crippen MR) is 55.4 cm³/mol. The van der Waals surface area contributed by atoms with Gasteiger partial charge in [-0.3, -0.25) is 4.98 Å². The third-order valence-electron chi connectivity index (χ3n) is 1.63. The summed E-state index contributed by atoms with van der Waals surface area (Å²) in [6.07, 6.45) is 1.81. The lowest BCUT2D eigenvalue weighted by atomic mass is 10.2. The number of aromatic nitrogens is 1. The second-order valence-electron chi connectivity index (χ2n) is 2.72. The summed E-state index contributed by atoms with van der Waals surface area (Å²) in [5.41, 5.74) is 1.06. The molecule has 15 heavy (non-hydrogen) atoms. The molecule has 0 fully saturated rings. The lowest BCUT2D eigenvalue weighted by molar-refractivity contribution is -0.137. The molecule has 4 heteroatoms. The Balaban J connectivity index is 0.000000195. The molecule has 78 valence electrons. The van der Waals surface area contributed by atoms with E-state index in [1.54, 1.807) is 0 Å². The summed E-state index contributed by atoms with van der Waals surface area (Å²) in [6, 6.07) is 12.1. The van der Waals surface area contributed by atoms with Crippen molar-refractivity contribution in [2.45, 2.75) is 0 Å². The van der Waals surface area contributed by atoms with Gasteiger partial charge in [0.15, 0.2) is 6.67 Å². The van der Waals surface area contributed by atoms with Crippen LogP contribution in [0, 0.1) is 0 Å². The number of aliphatic carboxylic acids is 1. The molecule has 0 spiro atoms. The van der Waals surface area contributed by atoms with Crippen LogP contribution in [0.3, 0.4) is 0 Å². The van der Waals surface area contributed by atoms with Gasteiger partial charge in [0.1, 0.15) is 0 Å². The number of hydrogen-bond acceptors (Lipinski definition) is 2. The van der Waals surface area contributed by atoms with Gasteiger partial charge in [0.05, 0.1) is 5.52 Å². The van der Waals surface area contributed by atoms with Gasteiger partial charge >= 0.3 is 5.97 Å². The number of pyridine rings is 1. The highest BCUT2D eigenvalue weighted by atomic mass is 19.1. The van der Waals surface area contributed by atoms with Crippen LogP contribution >= 0.6 is 0 Å². The van der Waals surface area contributed by atoms with Crippen molar-refractivity contribution >= 4 is 16.9 Å². The second kappa shape index (κ2) is 5.70. The molecule has 0 bridgehead atoms. The molecule has 0 aliphatic rings. The van der Waals surface area contributed by atoms with E-state index in [9.17, 15) is 4.39 Å². The van der Waals surface area contributed by atoms with Gasteiger partial charge in [-0.15, -0.1) is 0 Å². The second-order valence-corrected chi connectivity index (χ2v) is 2.72. The molecule has 2 aromatic rings. The van der Waals surface area contributed by atoms with Gasteiger partial charge < -0.3 is 5.11 Å². The van der Waals surface area contributed by atoms with Crippen LogP contribution in [0.2, 0.25) is 0 Å². The van der Waals surface area contributed by atoms with E-state index in [-0.39, 0.29) is 0 Å². The van der Waals surface area contributed by atoms with Crippen molar-refractivity contribution in [1.29, 1.82) is 0 Å². The predicted octanol–water partition coefficient (Wildman–Crippen LogP) is 2.28. The van der Waals surface area contributed by atoms with E-state index >= 15 is 0 Å². The van der Waals surface area contributed by atoms with E-state index in [1.165, 1.54) is 5.39 Å². The minimum absolute atomic E-state index is 1.06. The van der Waals surface area contributed by atoms with Crippen LogP contribution in [0.5, 0.6) is 0 Å². The first-order valence-corrected chi connectivity index (χ1v) is 4.31. The number of carboxylic acid groups (broad SMARTS) is 1. The maximum Gasteiger partial charge on any atom is 0.335 e. The van der Waals surface area contributed by atoms with Gasteiger partial charge in [-0.25, -0.2) is 9.18 Å². The fraction of sp³-hybridized carbons (Fsp3) is 0.0909. The van der Waals surface area contributed by atoms with E-state index in [0.29, 0.717) is 0 Å². The van der Waals surface area contributed by atoms with E-state index in [1.807, 2.05) is 30.5 Å². The number of benzene rings is 1. The number of rotatable bonds is 1. The highest BCUT2D eigenvalue weighted by molar-refractivity contribution is 5.77. The van der Waals surface area contributed by atoms with Crippen molar-refractivity contribution in [3.63, 3.8) is 0 Å². The zero-order chi connectivity index (χ0) is 11.1. The van der Waals surface area contributed by atoms with Crippen molar-refractivity contribution in [2.24, 2.45) is 0 Å². The molecule has 1 aromatic heterocycles. The van der Waals surface area contributed by atoms with Gasteiger partial charge in [0.25, 0.3) is 0 Å². The molecule has 0 saturated carbocycles. The number of para-hydroxylation sites is 1. The summed E-state index contributed by atoms with van der Waals surface area (Å²) in [5.74, 6) is -1.41. The monoisotopic (exact) mass is 207 g/mol. The Bertz CT molecular complexity index is 380. The maximum atomic E-state index is 10.5. The van der Waals surface area contributed by atoms with Gasteiger partial charge in [-0.1, -0.05) is 24.3 Å². The Morgan fingerprint density at radius 3 is 2.47 bits per heavy atom. The number of alkyl halides is 1. The number of carboxylic acids is 1. The number of halogens is 1. The minimum atomic E-state index is -1.41. The van der Waals surface area contributed by atoms with Gasteiger partial charge in [-0.05, 0) is 12.1 Å². The molecule has 3 nitrogen and oxygen atoms in total. The first kappa shape index (κ1) is 11.1. The van der Waals surface area contributed by atoms with Crippen LogP contribution in [0.15, 0.2) is 42.6 Å². The lowest BCUT2D eigenvalue weighted by Crippen LogP contribution is -1.93. The first-order chi connectivity index (χ1) is 7.24. The van der Waals surface area contributed by atoms with E-state index in [2.05, 4.69) is 17.1 Å². The van der Waals surface area contributed by atoms with Crippen molar-refractivity contribution < 1.29 is 14.3 Å². The molecule has 0 saturated heterocycles. The Morgan fingerprint density at radius 1 is 1.27 bits per heavy atom. The molecule has 0 amide bonds. The lowest BCUT2D eigenvalue weighted by Gasteiger charge is -1.91. The normalized spacial score (nSPS) is 9.13. The molecule has 1 heterocycles. The Labute approximate surface area is 86.2 Å². The van der Waals surface area contributed by atoms with Crippen LogP contribution in [0.25, 0.3) is 10.9 Å². The summed E-state index contributed by atoms with van der Waals surface area (Å²) in [7, 11) is 0. The number of fused-ring (bicyclic) bond motifs is 1. The molecule has 2 rings (SSSR count). The molecule has 0 aliphatic carbocycles. The molecule has 0 unspecified atom stereocenters. The van der Waals surface area contributed by atoms with Gasteiger partial charge in [0, 0.05) is 11.6 Å². The smallest absolute Gasteiger partial charge is 0.335 e. The summed E-state index contributed by atoms with van der Waals surface area (Å²) >= 11 is 0. The van der Waals surface area contributed by atoms with Crippen molar-refractivity contribution in [3.8, 4) is 0 Å². The van der Waals surface area contributed by atoms with Crippen LogP contribution in [0.1, 0.15) is 0 Å². The molecule has 0 atom stereocenters. The maximum absolute atomic E-state index is 10.5. The molecular formula is C11H10FNO2. The van der Waals surface area contributed by atoms with Crippen molar-refractivity contribution in [3.05, 3.63) is 42.6 Å². The minimum Gasteiger partial charge on any atom is -0.479 e. The van der Waals surface area contributed by atoms with Crippen LogP contribution in [-0.2, 0) is 4.79 Å². The van der Waals surface area contributed by atoms with Gasteiger partial charge in [-0.2, -0.15) is 0 Å². The average Bonchev–Trinajstić information content (AvgIpc) is 2.30. The zero-order valence-electron chi connectivity index (χ0n) is 7.93. The van der Waals surface area contributed by atoms with Crippen molar-refractivity contribution in [1.82, 2.24) is 4.98 Å². The fourth-order valence-corrected chi connectivity index (χ4v) is 1.02. The van der Waals surface area contributed by atoms with Crippen LogP contribution < -0.4 is 0 Å². The summed E-state index contributed by atoms with van der Waals surface area (Å²) in [4.78, 5) is 13.2. The highest BCUT2D eigenvalue weighted by Gasteiger charge is 1.86. The van der Waals surface area contributed by atoms with Crippen LogP contribution in [-0.4, -0.2) is 22.7 Å². The summed E-state index contributed by atoms with van der Waals surface area (Å²) in [6.45, 7) is -1.28. The van der Waals surface area contributed by atoms with Crippen LogP contribution in [0.4, 0.5) is 4.39 Å². The summed E-state index contributed by atoms with van der Waals surface area (Å²) < 4.78 is 10.5. The van der Waals surface area contributed by atoms with E-state index in [0.717, 1.165) is 5.52 Å². The van der Waals surface area contributed by atoms with E-state index in [4.69, 9.17) is 9.90 Å². The molecule has 0 radical (unpaired) electrons. The largest absolute Gasteiger partial charge is 0.479 e. The zero-order valence-corrected chi connectivity index (χ0v) is 7.93. The standard InChI is InChI=1S/C9H7N.C2H3FO2/c1-2-6-9-8(4-1)5-3-7-10-9;3-1-2(4)5/h1-7H;1H2,(H,4,5). The Morgan fingerprint density at radius 2 is 1.87 bits per heavy atom. The molecule has 0 aliphatic heterocycles. The Hall–Kier alpha value is -1.97. The molecule has 1 N–H and O–H groups in total. The third kappa shape index (κ3) is 3.72. The number of hydrogen-bond donors (Lipinski definition) is 1. The third-order valence-corrected chi connectivity index (χ3v) is 1.63. The molecule has 1 aromatic carbocycles. The average molecular weight is 207 g/mol. The number of carbonyl (C=O) groups is 1. The topological polar surface area (TPSA) is 50.2 Å². The SMILES string of the molecule is O=C(O)CF.c1ccc2ncccc2c1. The molecular weight excluding hydrogens is 197 g/mol. The van der Waals surface area contributed by atoms with Gasteiger partial charge in [0.2, 0.25) is 0 Å².